The molecule has 0 fully saturated rings. The van der Waals surface area contributed by atoms with Crippen LogP contribution in [0.15, 0.2) is 6.33 Å². The van der Waals surface area contributed by atoms with E-state index >= 15 is 0 Å². The Balaban J connectivity index is 2.62. The van der Waals surface area contributed by atoms with Gasteiger partial charge in [-0.2, -0.15) is 0 Å². The molecule has 0 amide bonds. The summed E-state index contributed by atoms with van der Waals surface area (Å²) < 4.78 is 5.17. The molecule has 4 nitrogen and oxygen atoms in total. The van der Waals surface area contributed by atoms with E-state index in [0.29, 0.717) is 11.9 Å². The normalized spacial score (nSPS) is 12.6. The Kier molecular flexibility index (Phi) is 5.19. The molecule has 17 heavy (non-hydrogen) atoms. The van der Waals surface area contributed by atoms with Crippen molar-refractivity contribution in [2.75, 3.05) is 12.4 Å². The van der Waals surface area contributed by atoms with Crippen molar-refractivity contribution in [1.29, 1.82) is 0 Å². The number of nitrogens with one attached hydrogen (secondary N) is 1. The van der Waals surface area contributed by atoms with Crippen LogP contribution in [0.5, 0.6) is 5.88 Å². The number of hydrogen-bond donors (Lipinski definition) is 1. The molecule has 1 atom stereocenters. The van der Waals surface area contributed by atoms with E-state index in [1.807, 2.05) is 6.92 Å². The first-order chi connectivity index (χ1) is 8.04. The molecular weight excluding hydrogens is 214 g/mol. The van der Waals surface area contributed by atoms with Gasteiger partial charge >= 0.3 is 0 Å². The van der Waals surface area contributed by atoms with Gasteiger partial charge in [0.25, 0.3) is 0 Å². The summed E-state index contributed by atoms with van der Waals surface area (Å²) in [7, 11) is 1.63. The number of hydrogen-bond acceptors (Lipinski definition) is 4. The van der Waals surface area contributed by atoms with Gasteiger partial charge in [0.15, 0.2) is 0 Å². The Morgan fingerprint density at radius 2 is 1.94 bits per heavy atom. The average Bonchev–Trinajstić information content (AvgIpc) is 2.29. The van der Waals surface area contributed by atoms with E-state index in [1.165, 1.54) is 12.7 Å². The minimum absolute atomic E-state index is 0.413. The highest BCUT2D eigenvalue weighted by Gasteiger charge is 2.10. The smallest absolute Gasteiger partial charge is 0.221 e. The van der Waals surface area contributed by atoms with Crippen molar-refractivity contribution in [3.8, 4) is 5.88 Å². The lowest BCUT2D eigenvalue weighted by molar-refractivity contribution is 0.393. The lowest BCUT2D eigenvalue weighted by atomic mass is 10.0. The highest BCUT2D eigenvalue weighted by atomic mass is 16.5. The maximum absolute atomic E-state index is 5.17. The number of methoxy groups -OCH3 is 1. The van der Waals surface area contributed by atoms with Crippen molar-refractivity contribution in [2.24, 2.45) is 5.92 Å². The number of anilines is 1. The zero-order valence-electron chi connectivity index (χ0n) is 11.4. The molecule has 0 bridgehead atoms. The van der Waals surface area contributed by atoms with Gasteiger partial charge in [0.1, 0.15) is 12.1 Å². The SMILES string of the molecule is COc1ncnc(NC(C)CCC(C)C)c1C. The maximum Gasteiger partial charge on any atom is 0.221 e. The van der Waals surface area contributed by atoms with Crippen molar-refractivity contribution in [2.45, 2.75) is 46.6 Å². The van der Waals surface area contributed by atoms with Gasteiger partial charge in [-0.05, 0) is 32.6 Å². The third kappa shape index (κ3) is 4.21. The first-order valence-corrected chi connectivity index (χ1v) is 6.16. The molecule has 0 spiro atoms. The molecule has 1 aromatic rings. The van der Waals surface area contributed by atoms with E-state index in [-0.39, 0.29) is 0 Å². The van der Waals surface area contributed by atoms with Gasteiger partial charge in [0, 0.05) is 6.04 Å². The van der Waals surface area contributed by atoms with E-state index in [9.17, 15) is 0 Å². The van der Waals surface area contributed by atoms with Gasteiger partial charge in [0.05, 0.1) is 12.7 Å². The lowest BCUT2D eigenvalue weighted by Crippen LogP contribution is -2.17. The Labute approximate surface area is 104 Å². The van der Waals surface area contributed by atoms with Gasteiger partial charge < -0.3 is 10.1 Å². The molecule has 0 saturated carbocycles. The van der Waals surface area contributed by atoms with Crippen LogP contribution in [-0.4, -0.2) is 23.1 Å². The number of aromatic nitrogens is 2. The molecule has 1 aromatic heterocycles. The van der Waals surface area contributed by atoms with Crippen LogP contribution in [-0.2, 0) is 0 Å². The Morgan fingerprint density at radius 1 is 1.24 bits per heavy atom. The molecule has 0 aliphatic carbocycles. The maximum atomic E-state index is 5.17. The third-order valence-corrected chi connectivity index (χ3v) is 2.79. The molecule has 1 N–H and O–H groups in total. The summed E-state index contributed by atoms with van der Waals surface area (Å²) in [6, 6.07) is 0.413. The minimum atomic E-state index is 0.413. The van der Waals surface area contributed by atoms with Crippen molar-refractivity contribution in [1.82, 2.24) is 9.97 Å². The van der Waals surface area contributed by atoms with Gasteiger partial charge in [-0.1, -0.05) is 13.8 Å². The zero-order valence-corrected chi connectivity index (χ0v) is 11.4. The molecule has 0 saturated heterocycles. The molecule has 4 heteroatoms. The summed E-state index contributed by atoms with van der Waals surface area (Å²) >= 11 is 0. The van der Waals surface area contributed by atoms with Crippen LogP contribution in [0.2, 0.25) is 0 Å². The first kappa shape index (κ1) is 13.7. The van der Waals surface area contributed by atoms with Crippen LogP contribution in [0.3, 0.4) is 0 Å². The molecule has 1 unspecified atom stereocenters. The van der Waals surface area contributed by atoms with Crippen LogP contribution < -0.4 is 10.1 Å². The molecule has 0 aromatic carbocycles. The number of ether oxygens (including phenoxy) is 1. The number of nitrogens with zero attached hydrogens (tertiary/aromatic N) is 2. The summed E-state index contributed by atoms with van der Waals surface area (Å²) in [5.41, 5.74) is 0.964. The Bertz CT molecular complexity index is 353. The topological polar surface area (TPSA) is 47.0 Å². The second-order valence-electron chi connectivity index (χ2n) is 4.87. The molecule has 0 radical (unpaired) electrons. The Morgan fingerprint density at radius 3 is 2.53 bits per heavy atom. The van der Waals surface area contributed by atoms with E-state index < -0.39 is 0 Å². The third-order valence-electron chi connectivity index (χ3n) is 2.79. The van der Waals surface area contributed by atoms with Gasteiger partial charge in [-0.3, -0.25) is 0 Å². The van der Waals surface area contributed by atoms with Crippen molar-refractivity contribution in [3.05, 3.63) is 11.9 Å². The summed E-state index contributed by atoms with van der Waals surface area (Å²) in [6.45, 7) is 8.63. The molecule has 0 aliphatic rings. The standard InChI is InChI=1S/C13H23N3O/c1-9(2)6-7-10(3)16-12-11(4)13(17-5)15-8-14-12/h8-10H,6-7H2,1-5H3,(H,14,15,16). The highest BCUT2D eigenvalue weighted by molar-refractivity contribution is 5.48. The lowest BCUT2D eigenvalue weighted by Gasteiger charge is -2.17. The van der Waals surface area contributed by atoms with E-state index in [4.69, 9.17) is 4.74 Å². The van der Waals surface area contributed by atoms with E-state index in [1.54, 1.807) is 7.11 Å². The van der Waals surface area contributed by atoms with Crippen molar-refractivity contribution >= 4 is 5.82 Å². The predicted molar refractivity (Wildman–Crippen MR) is 70.5 cm³/mol. The molecule has 1 rings (SSSR count). The monoisotopic (exact) mass is 237 g/mol. The molecule has 1 heterocycles. The second-order valence-corrected chi connectivity index (χ2v) is 4.87. The predicted octanol–water partition coefficient (Wildman–Crippen LogP) is 3.03. The van der Waals surface area contributed by atoms with Crippen molar-refractivity contribution in [3.63, 3.8) is 0 Å². The molecule has 96 valence electrons. The quantitative estimate of drug-likeness (QED) is 0.826. The summed E-state index contributed by atoms with van der Waals surface area (Å²) in [6.07, 6.45) is 3.89. The largest absolute Gasteiger partial charge is 0.481 e. The minimum Gasteiger partial charge on any atom is -0.481 e. The van der Waals surface area contributed by atoms with Crippen molar-refractivity contribution < 1.29 is 4.74 Å². The van der Waals surface area contributed by atoms with Crippen LogP contribution in [0.1, 0.15) is 39.2 Å². The Hall–Kier alpha value is -1.32. The second kappa shape index (κ2) is 6.42. The average molecular weight is 237 g/mol. The van der Waals surface area contributed by atoms with Crippen LogP contribution >= 0.6 is 0 Å². The fourth-order valence-electron chi connectivity index (χ4n) is 1.67. The van der Waals surface area contributed by atoms with Gasteiger partial charge in [-0.15, -0.1) is 0 Å². The van der Waals surface area contributed by atoms with E-state index in [2.05, 4.69) is 36.1 Å². The number of rotatable bonds is 6. The van der Waals surface area contributed by atoms with Gasteiger partial charge in [-0.25, -0.2) is 9.97 Å². The highest BCUT2D eigenvalue weighted by Crippen LogP contribution is 2.21. The summed E-state index contributed by atoms with van der Waals surface area (Å²) in [5, 5.41) is 3.41. The van der Waals surface area contributed by atoms with Gasteiger partial charge in [0.2, 0.25) is 5.88 Å². The van der Waals surface area contributed by atoms with E-state index in [0.717, 1.165) is 23.7 Å². The zero-order chi connectivity index (χ0) is 12.8. The van der Waals surface area contributed by atoms with Crippen LogP contribution in [0, 0.1) is 12.8 Å². The fraction of sp³-hybridized carbons (Fsp3) is 0.692. The van der Waals surface area contributed by atoms with Crippen LogP contribution in [0.25, 0.3) is 0 Å². The molecular formula is C13H23N3O. The first-order valence-electron chi connectivity index (χ1n) is 6.16. The summed E-state index contributed by atoms with van der Waals surface area (Å²) in [4.78, 5) is 8.32. The van der Waals surface area contributed by atoms with Crippen LogP contribution in [0.4, 0.5) is 5.82 Å². The summed E-state index contributed by atoms with van der Waals surface area (Å²) in [5.74, 6) is 2.24. The fourth-order valence-corrected chi connectivity index (χ4v) is 1.67. The molecule has 0 aliphatic heterocycles.